The number of hydrogen-bond donors (Lipinski definition) is 1. The Balaban J connectivity index is 2.16. The van der Waals surface area contributed by atoms with E-state index in [1.165, 1.54) is 6.07 Å². The van der Waals surface area contributed by atoms with Gasteiger partial charge >= 0.3 is 0 Å². The highest BCUT2D eigenvalue weighted by Crippen LogP contribution is 2.28. The van der Waals surface area contributed by atoms with Crippen molar-refractivity contribution in [3.05, 3.63) is 50.2 Å². The van der Waals surface area contributed by atoms with Crippen molar-refractivity contribution in [3.8, 4) is 0 Å². The molecule has 1 aromatic heterocycles. The third-order valence-electron chi connectivity index (χ3n) is 2.81. The standard InChI is InChI=1S/C12H14BrN5O2/c13-12-9(3-1-5-11(12)18(19)20)7-17-8-10(15-16-17)4-2-6-14/h1,3,5,8H,2,4,6-7,14H2. The maximum Gasteiger partial charge on any atom is 0.283 e. The highest BCUT2D eigenvalue weighted by molar-refractivity contribution is 9.10. The Hall–Kier alpha value is -1.80. The number of nitro benzene ring substituents is 1. The molecule has 0 fully saturated rings. The van der Waals surface area contributed by atoms with Crippen molar-refractivity contribution >= 4 is 21.6 Å². The predicted octanol–water partition coefficient (Wildman–Crippen LogP) is 1.89. The lowest BCUT2D eigenvalue weighted by Gasteiger charge is -2.04. The van der Waals surface area contributed by atoms with Gasteiger partial charge in [-0.25, -0.2) is 4.68 Å². The first-order chi connectivity index (χ1) is 9.61. The Bertz CT molecular complexity index is 614. The number of nitrogens with zero attached hydrogens (tertiary/aromatic N) is 4. The van der Waals surface area contributed by atoms with Gasteiger partial charge < -0.3 is 5.73 Å². The minimum absolute atomic E-state index is 0.0472. The molecular weight excluding hydrogens is 326 g/mol. The summed E-state index contributed by atoms with van der Waals surface area (Å²) in [6.07, 6.45) is 3.48. The van der Waals surface area contributed by atoms with Crippen molar-refractivity contribution in [1.82, 2.24) is 15.0 Å². The van der Waals surface area contributed by atoms with E-state index in [-0.39, 0.29) is 5.69 Å². The monoisotopic (exact) mass is 339 g/mol. The maximum atomic E-state index is 10.9. The van der Waals surface area contributed by atoms with Crippen molar-refractivity contribution in [2.24, 2.45) is 5.73 Å². The molecule has 106 valence electrons. The summed E-state index contributed by atoms with van der Waals surface area (Å²) in [7, 11) is 0. The van der Waals surface area contributed by atoms with Crippen LogP contribution in [0.5, 0.6) is 0 Å². The largest absolute Gasteiger partial charge is 0.330 e. The second-order valence-electron chi connectivity index (χ2n) is 4.31. The number of rotatable bonds is 6. The van der Waals surface area contributed by atoms with Crippen molar-refractivity contribution in [2.45, 2.75) is 19.4 Å². The molecule has 0 amide bonds. The molecule has 2 rings (SSSR count). The molecule has 8 heteroatoms. The third-order valence-corrected chi connectivity index (χ3v) is 3.73. The summed E-state index contributed by atoms with van der Waals surface area (Å²) in [6, 6.07) is 4.93. The lowest BCUT2D eigenvalue weighted by molar-refractivity contribution is -0.385. The van der Waals surface area contributed by atoms with Gasteiger partial charge in [0.15, 0.2) is 0 Å². The molecule has 1 aromatic carbocycles. The zero-order valence-electron chi connectivity index (χ0n) is 10.7. The van der Waals surface area contributed by atoms with E-state index in [2.05, 4.69) is 26.2 Å². The molecule has 0 saturated carbocycles. The number of aryl methyl sites for hydroxylation is 1. The number of nitrogens with two attached hydrogens (primary N) is 1. The van der Waals surface area contributed by atoms with E-state index < -0.39 is 4.92 Å². The first-order valence-electron chi connectivity index (χ1n) is 6.12. The molecule has 2 aromatic rings. The lowest BCUT2D eigenvalue weighted by atomic mass is 10.2. The summed E-state index contributed by atoms with van der Waals surface area (Å²) in [4.78, 5) is 10.5. The third kappa shape index (κ3) is 3.40. The number of aromatic nitrogens is 3. The summed E-state index contributed by atoms with van der Waals surface area (Å²) in [5.41, 5.74) is 7.15. The number of hydrogen-bond acceptors (Lipinski definition) is 5. The first kappa shape index (κ1) is 14.6. The Labute approximate surface area is 124 Å². The van der Waals surface area contributed by atoms with Gasteiger partial charge in [-0.3, -0.25) is 10.1 Å². The summed E-state index contributed by atoms with van der Waals surface area (Å²) >= 11 is 3.27. The second kappa shape index (κ2) is 6.58. The van der Waals surface area contributed by atoms with E-state index in [0.717, 1.165) is 24.1 Å². The highest BCUT2D eigenvalue weighted by atomic mass is 79.9. The van der Waals surface area contributed by atoms with Gasteiger partial charge in [-0.1, -0.05) is 17.3 Å². The molecule has 0 unspecified atom stereocenters. The van der Waals surface area contributed by atoms with E-state index in [4.69, 9.17) is 5.73 Å². The van der Waals surface area contributed by atoms with E-state index in [1.807, 2.05) is 12.3 Å². The van der Waals surface area contributed by atoms with E-state index in [1.54, 1.807) is 10.7 Å². The highest BCUT2D eigenvalue weighted by Gasteiger charge is 2.15. The van der Waals surface area contributed by atoms with Crippen LogP contribution in [-0.2, 0) is 13.0 Å². The maximum absolute atomic E-state index is 10.9. The van der Waals surface area contributed by atoms with Crippen LogP contribution in [0.1, 0.15) is 17.7 Å². The zero-order valence-corrected chi connectivity index (χ0v) is 12.3. The van der Waals surface area contributed by atoms with E-state index >= 15 is 0 Å². The normalized spacial score (nSPS) is 10.7. The van der Waals surface area contributed by atoms with Crippen LogP contribution in [0.25, 0.3) is 0 Å². The quantitative estimate of drug-likeness (QED) is 0.639. The van der Waals surface area contributed by atoms with Gasteiger partial charge in [0, 0.05) is 12.3 Å². The minimum Gasteiger partial charge on any atom is -0.330 e. The SMILES string of the molecule is NCCCc1cn(Cc2cccc([N+](=O)[O-])c2Br)nn1. The topological polar surface area (TPSA) is 99.9 Å². The van der Waals surface area contributed by atoms with Gasteiger partial charge in [-0.2, -0.15) is 0 Å². The first-order valence-corrected chi connectivity index (χ1v) is 6.92. The molecule has 0 aliphatic rings. The summed E-state index contributed by atoms with van der Waals surface area (Å²) in [6.45, 7) is 1.04. The number of halogens is 1. The van der Waals surface area contributed by atoms with Gasteiger partial charge in [-0.05, 0) is 40.9 Å². The molecule has 1 heterocycles. The Morgan fingerprint density at radius 2 is 2.25 bits per heavy atom. The van der Waals surface area contributed by atoms with Crippen molar-refractivity contribution in [3.63, 3.8) is 0 Å². The predicted molar refractivity (Wildman–Crippen MR) is 77.3 cm³/mol. The Kier molecular flexibility index (Phi) is 4.80. The number of nitro groups is 1. The van der Waals surface area contributed by atoms with Crippen LogP contribution < -0.4 is 5.73 Å². The zero-order chi connectivity index (χ0) is 14.5. The van der Waals surface area contributed by atoms with Crippen molar-refractivity contribution in [2.75, 3.05) is 6.54 Å². The lowest BCUT2D eigenvalue weighted by Crippen LogP contribution is -2.02. The van der Waals surface area contributed by atoms with Crippen LogP contribution in [0.2, 0.25) is 0 Å². The van der Waals surface area contributed by atoms with Gasteiger partial charge in [0.1, 0.15) is 4.47 Å². The smallest absolute Gasteiger partial charge is 0.283 e. The average molecular weight is 340 g/mol. The average Bonchev–Trinajstić information content (AvgIpc) is 2.86. The van der Waals surface area contributed by atoms with Crippen molar-refractivity contribution in [1.29, 1.82) is 0 Å². The molecule has 0 bridgehead atoms. The molecule has 20 heavy (non-hydrogen) atoms. The van der Waals surface area contributed by atoms with Gasteiger partial charge in [0.25, 0.3) is 5.69 Å². The molecule has 0 spiro atoms. The fourth-order valence-electron chi connectivity index (χ4n) is 1.82. The van der Waals surface area contributed by atoms with Gasteiger partial charge in [0.2, 0.25) is 0 Å². The van der Waals surface area contributed by atoms with Crippen LogP contribution >= 0.6 is 15.9 Å². The minimum atomic E-state index is -0.415. The van der Waals surface area contributed by atoms with Gasteiger partial charge in [-0.15, -0.1) is 5.10 Å². The van der Waals surface area contributed by atoms with Crippen molar-refractivity contribution < 1.29 is 4.92 Å². The van der Waals surface area contributed by atoms with Crippen LogP contribution in [0.3, 0.4) is 0 Å². The van der Waals surface area contributed by atoms with Crippen LogP contribution in [-0.4, -0.2) is 26.5 Å². The van der Waals surface area contributed by atoms with Crippen LogP contribution in [0, 0.1) is 10.1 Å². The van der Waals surface area contributed by atoms with Crippen LogP contribution in [0.4, 0.5) is 5.69 Å². The summed E-state index contributed by atoms with van der Waals surface area (Å²) in [5.74, 6) is 0. The Morgan fingerprint density at radius 1 is 1.45 bits per heavy atom. The molecule has 0 aliphatic heterocycles. The molecule has 2 N–H and O–H groups in total. The molecule has 0 saturated heterocycles. The Morgan fingerprint density at radius 3 is 2.95 bits per heavy atom. The van der Waals surface area contributed by atoms with E-state index in [0.29, 0.717) is 17.6 Å². The molecule has 7 nitrogen and oxygen atoms in total. The van der Waals surface area contributed by atoms with Crippen LogP contribution in [0.15, 0.2) is 28.9 Å². The summed E-state index contributed by atoms with van der Waals surface area (Å²) < 4.78 is 2.14. The molecule has 0 aliphatic carbocycles. The second-order valence-corrected chi connectivity index (χ2v) is 5.10. The molecule has 0 atom stereocenters. The fraction of sp³-hybridized carbons (Fsp3) is 0.333. The molecule has 0 radical (unpaired) electrons. The van der Waals surface area contributed by atoms with Gasteiger partial charge in [0.05, 0.1) is 17.2 Å². The van der Waals surface area contributed by atoms with E-state index in [9.17, 15) is 10.1 Å². The molecular formula is C12H14BrN5O2. The fourth-order valence-corrected chi connectivity index (χ4v) is 2.35. The summed E-state index contributed by atoms with van der Waals surface area (Å²) in [5, 5.41) is 18.9. The number of benzene rings is 1.